The fourth-order valence-electron chi connectivity index (χ4n) is 3.06. The van der Waals surface area contributed by atoms with Crippen molar-refractivity contribution in [2.75, 3.05) is 7.11 Å². The maximum Gasteiger partial charge on any atom is 0.305 e. The molecule has 0 aromatic heterocycles. The lowest BCUT2D eigenvalue weighted by Gasteiger charge is -2.01. The van der Waals surface area contributed by atoms with Gasteiger partial charge in [-0.3, -0.25) is 4.79 Å². The lowest BCUT2D eigenvalue weighted by Crippen LogP contribution is -1.99. The van der Waals surface area contributed by atoms with Crippen molar-refractivity contribution in [1.82, 2.24) is 0 Å². The molecule has 2 atom stereocenters. The summed E-state index contributed by atoms with van der Waals surface area (Å²) in [5.41, 5.74) is 0. The first-order valence-electron chi connectivity index (χ1n) is 9.50. The van der Waals surface area contributed by atoms with Crippen molar-refractivity contribution in [1.29, 1.82) is 0 Å². The molecule has 0 aromatic rings. The number of carbonyl (C=O) groups excluding carboxylic acids is 1. The Morgan fingerprint density at radius 2 is 1.32 bits per heavy atom. The van der Waals surface area contributed by atoms with Crippen molar-refractivity contribution in [3.8, 4) is 0 Å². The highest BCUT2D eigenvalue weighted by molar-refractivity contribution is 5.68. The van der Waals surface area contributed by atoms with Gasteiger partial charge in [-0.25, -0.2) is 0 Å². The van der Waals surface area contributed by atoms with Gasteiger partial charge in [0.25, 0.3) is 0 Å². The molecule has 1 fully saturated rings. The predicted octanol–water partition coefficient (Wildman–Crippen LogP) is 5.41. The van der Waals surface area contributed by atoms with Crippen molar-refractivity contribution < 1.29 is 14.3 Å². The van der Waals surface area contributed by atoms with Gasteiger partial charge >= 0.3 is 5.97 Å². The Morgan fingerprint density at radius 3 is 1.86 bits per heavy atom. The number of rotatable bonds is 15. The molecule has 0 aliphatic carbocycles. The van der Waals surface area contributed by atoms with Crippen LogP contribution in [0, 0.1) is 0 Å². The van der Waals surface area contributed by atoms with E-state index in [1.807, 2.05) is 0 Å². The number of carbonyl (C=O) groups is 1. The van der Waals surface area contributed by atoms with Crippen LogP contribution in [0.4, 0.5) is 0 Å². The van der Waals surface area contributed by atoms with E-state index in [0.717, 1.165) is 12.8 Å². The Hall–Kier alpha value is -0.570. The number of methoxy groups -OCH3 is 1. The maximum absolute atomic E-state index is 11.0. The summed E-state index contributed by atoms with van der Waals surface area (Å²) in [6, 6.07) is 0. The van der Waals surface area contributed by atoms with Gasteiger partial charge < -0.3 is 9.47 Å². The molecule has 1 aliphatic heterocycles. The summed E-state index contributed by atoms with van der Waals surface area (Å²) in [5.74, 6) is -0.0797. The molecule has 0 bridgehead atoms. The molecule has 0 saturated carbocycles. The van der Waals surface area contributed by atoms with Crippen molar-refractivity contribution >= 4 is 5.97 Å². The number of ether oxygens (including phenoxy) is 2. The minimum atomic E-state index is -0.0797. The van der Waals surface area contributed by atoms with E-state index in [1.165, 1.54) is 77.7 Å². The van der Waals surface area contributed by atoms with Gasteiger partial charge in [0, 0.05) is 6.42 Å². The highest BCUT2D eigenvalue weighted by atomic mass is 16.6. The molecule has 1 aliphatic rings. The topological polar surface area (TPSA) is 38.8 Å². The van der Waals surface area contributed by atoms with Crippen LogP contribution in [-0.4, -0.2) is 25.3 Å². The minimum absolute atomic E-state index is 0.0797. The summed E-state index contributed by atoms with van der Waals surface area (Å²) in [6.07, 6.45) is 18.3. The minimum Gasteiger partial charge on any atom is -0.469 e. The second-order valence-corrected chi connectivity index (χ2v) is 6.65. The summed E-state index contributed by atoms with van der Waals surface area (Å²) in [7, 11) is 1.46. The molecule has 0 aromatic carbocycles. The van der Waals surface area contributed by atoms with Crippen molar-refractivity contribution in [2.45, 2.75) is 109 Å². The molecule has 3 nitrogen and oxygen atoms in total. The lowest BCUT2D eigenvalue weighted by molar-refractivity contribution is -0.140. The zero-order chi connectivity index (χ0) is 16.0. The highest BCUT2D eigenvalue weighted by Gasteiger charge is 2.36. The first-order valence-corrected chi connectivity index (χ1v) is 9.50. The fraction of sp³-hybridized carbons (Fsp3) is 0.947. The van der Waals surface area contributed by atoms with E-state index in [1.54, 1.807) is 0 Å². The van der Waals surface area contributed by atoms with Gasteiger partial charge in [-0.15, -0.1) is 0 Å². The number of esters is 1. The fourth-order valence-corrected chi connectivity index (χ4v) is 3.06. The Balaban J connectivity index is 1.77. The third-order valence-electron chi connectivity index (χ3n) is 4.63. The normalized spacial score (nSPS) is 20.1. The smallest absolute Gasteiger partial charge is 0.305 e. The van der Waals surface area contributed by atoms with E-state index < -0.39 is 0 Å². The molecular formula is C19H36O3. The van der Waals surface area contributed by atoms with Crippen LogP contribution in [-0.2, 0) is 14.3 Å². The van der Waals surface area contributed by atoms with Crippen LogP contribution in [0.3, 0.4) is 0 Å². The van der Waals surface area contributed by atoms with E-state index >= 15 is 0 Å². The van der Waals surface area contributed by atoms with E-state index in [9.17, 15) is 4.79 Å². The third-order valence-corrected chi connectivity index (χ3v) is 4.63. The van der Waals surface area contributed by atoms with Crippen LogP contribution in [0.2, 0.25) is 0 Å². The van der Waals surface area contributed by atoms with E-state index in [-0.39, 0.29) is 5.97 Å². The highest BCUT2D eigenvalue weighted by Crippen LogP contribution is 2.31. The molecule has 1 rings (SSSR count). The first kappa shape index (κ1) is 19.5. The van der Waals surface area contributed by atoms with Gasteiger partial charge in [0.15, 0.2) is 0 Å². The van der Waals surface area contributed by atoms with Gasteiger partial charge in [-0.2, -0.15) is 0 Å². The van der Waals surface area contributed by atoms with Crippen LogP contribution >= 0.6 is 0 Å². The molecule has 22 heavy (non-hydrogen) atoms. The van der Waals surface area contributed by atoms with Crippen LogP contribution in [0.5, 0.6) is 0 Å². The largest absolute Gasteiger partial charge is 0.469 e. The second kappa shape index (κ2) is 12.9. The Kier molecular flexibility index (Phi) is 11.4. The summed E-state index contributed by atoms with van der Waals surface area (Å²) >= 11 is 0. The van der Waals surface area contributed by atoms with Crippen LogP contribution in [0.25, 0.3) is 0 Å². The first-order chi connectivity index (χ1) is 10.8. The third kappa shape index (κ3) is 10.2. The van der Waals surface area contributed by atoms with E-state index in [4.69, 9.17) is 4.74 Å². The van der Waals surface area contributed by atoms with E-state index in [2.05, 4.69) is 11.7 Å². The Bertz CT molecular complexity index is 278. The molecule has 0 N–H and O–H groups in total. The van der Waals surface area contributed by atoms with Crippen LogP contribution < -0.4 is 0 Å². The number of hydrogen-bond acceptors (Lipinski definition) is 3. The molecule has 0 spiro atoms. The van der Waals surface area contributed by atoms with Gasteiger partial charge in [0.1, 0.15) is 0 Å². The molecule has 1 heterocycles. The molecule has 3 heteroatoms. The summed E-state index contributed by atoms with van der Waals surface area (Å²) < 4.78 is 10.4. The molecule has 1 saturated heterocycles. The van der Waals surface area contributed by atoms with Gasteiger partial charge in [-0.1, -0.05) is 71.1 Å². The van der Waals surface area contributed by atoms with Crippen LogP contribution in [0.15, 0.2) is 0 Å². The zero-order valence-electron chi connectivity index (χ0n) is 14.8. The van der Waals surface area contributed by atoms with Crippen molar-refractivity contribution in [2.24, 2.45) is 0 Å². The Labute approximate surface area is 137 Å². The SMILES string of the molecule is CCCCCCCC[C@H]1O[C@@H]1CCCCCCCC(=O)OC. The van der Waals surface area contributed by atoms with Crippen molar-refractivity contribution in [3.05, 3.63) is 0 Å². The Morgan fingerprint density at radius 1 is 0.818 bits per heavy atom. The average molecular weight is 312 g/mol. The summed E-state index contributed by atoms with van der Waals surface area (Å²) in [4.78, 5) is 11.0. The molecule has 0 radical (unpaired) electrons. The van der Waals surface area contributed by atoms with Gasteiger partial charge in [0.2, 0.25) is 0 Å². The number of unbranched alkanes of at least 4 members (excludes halogenated alkanes) is 9. The summed E-state index contributed by atoms with van der Waals surface area (Å²) in [6.45, 7) is 2.27. The van der Waals surface area contributed by atoms with Crippen LogP contribution in [0.1, 0.15) is 96.8 Å². The number of epoxide rings is 1. The van der Waals surface area contributed by atoms with Gasteiger partial charge in [0.05, 0.1) is 19.3 Å². The second-order valence-electron chi connectivity index (χ2n) is 6.65. The molecular weight excluding hydrogens is 276 g/mol. The zero-order valence-corrected chi connectivity index (χ0v) is 14.8. The van der Waals surface area contributed by atoms with Crippen molar-refractivity contribution in [3.63, 3.8) is 0 Å². The lowest BCUT2D eigenvalue weighted by atomic mass is 10.0. The predicted molar refractivity (Wildman–Crippen MR) is 91.0 cm³/mol. The molecule has 0 unspecified atom stereocenters. The standard InChI is InChI=1S/C19H36O3/c1-3-4-5-6-8-11-14-17-18(22-17)15-12-9-7-10-13-16-19(20)21-2/h17-18H,3-16H2,1-2H3/t17-,18-/m1/s1. The molecule has 0 amide bonds. The number of hydrogen-bond donors (Lipinski definition) is 0. The monoisotopic (exact) mass is 312 g/mol. The maximum atomic E-state index is 11.0. The molecule has 130 valence electrons. The summed E-state index contributed by atoms with van der Waals surface area (Å²) in [5, 5.41) is 0. The quantitative estimate of drug-likeness (QED) is 0.230. The van der Waals surface area contributed by atoms with E-state index in [0.29, 0.717) is 18.6 Å². The van der Waals surface area contributed by atoms with Gasteiger partial charge in [-0.05, 0) is 19.3 Å². The average Bonchev–Trinajstić information content (AvgIpc) is 3.28.